The Balaban J connectivity index is 1.52. The van der Waals surface area contributed by atoms with E-state index in [0.29, 0.717) is 29.4 Å². The SMILES string of the molecule is COc1cccc(-c2cc(C(=O)NCc3cccnc3-c3ccco3)n(C)n2)c1. The summed E-state index contributed by atoms with van der Waals surface area (Å²) in [6.07, 6.45) is 3.30. The largest absolute Gasteiger partial charge is 0.497 e. The summed E-state index contributed by atoms with van der Waals surface area (Å²) in [6, 6.07) is 16.7. The molecule has 1 amide bonds. The Kier molecular flexibility index (Phi) is 5.11. The Hall–Kier alpha value is -3.87. The molecule has 0 aliphatic carbocycles. The first-order valence-corrected chi connectivity index (χ1v) is 9.10. The van der Waals surface area contributed by atoms with Gasteiger partial charge in [-0.2, -0.15) is 5.10 Å². The van der Waals surface area contributed by atoms with Crippen LogP contribution in [0.15, 0.2) is 71.5 Å². The number of amides is 1. The number of nitrogens with zero attached hydrogens (tertiary/aromatic N) is 3. The third-order valence-electron chi connectivity index (χ3n) is 4.56. The number of carbonyl (C=O) groups is 1. The van der Waals surface area contributed by atoms with E-state index in [2.05, 4.69) is 15.4 Å². The van der Waals surface area contributed by atoms with Crippen molar-refractivity contribution >= 4 is 5.91 Å². The average Bonchev–Trinajstić information content (AvgIpc) is 3.42. The Morgan fingerprint density at radius 1 is 1.17 bits per heavy atom. The van der Waals surface area contributed by atoms with Crippen molar-refractivity contribution in [1.82, 2.24) is 20.1 Å². The van der Waals surface area contributed by atoms with Gasteiger partial charge >= 0.3 is 0 Å². The number of carbonyl (C=O) groups excluding carboxylic acids is 1. The van der Waals surface area contributed by atoms with Gasteiger partial charge in [0.15, 0.2) is 5.76 Å². The van der Waals surface area contributed by atoms with E-state index in [1.54, 1.807) is 37.4 Å². The van der Waals surface area contributed by atoms with Gasteiger partial charge in [0.2, 0.25) is 0 Å². The van der Waals surface area contributed by atoms with Gasteiger partial charge in [-0.05, 0) is 36.4 Å². The summed E-state index contributed by atoms with van der Waals surface area (Å²) >= 11 is 0. The molecular formula is C22H20N4O3. The molecular weight excluding hydrogens is 368 g/mol. The number of nitrogens with one attached hydrogen (secondary N) is 1. The van der Waals surface area contributed by atoms with Crippen LogP contribution in [0.2, 0.25) is 0 Å². The summed E-state index contributed by atoms with van der Waals surface area (Å²) in [4.78, 5) is 17.1. The summed E-state index contributed by atoms with van der Waals surface area (Å²) in [6.45, 7) is 0.322. The van der Waals surface area contributed by atoms with E-state index in [1.807, 2.05) is 48.5 Å². The van der Waals surface area contributed by atoms with Crippen molar-refractivity contribution in [3.8, 4) is 28.5 Å². The van der Waals surface area contributed by atoms with E-state index < -0.39 is 0 Å². The maximum Gasteiger partial charge on any atom is 0.269 e. The maximum absolute atomic E-state index is 12.8. The Morgan fingerprint density at radius 3 is 2.86 bits per heavy atom. The minimum Gasteiger partial charge on any atom is -0.497 e. The highest BCUT2D eigenvalue weighted by Crippen LogP contribution is 2.24. The maximum atomic E-state index is 12.8. The standard InChI is InChI=1S/C22H20N4O3/c1-26-19(13-18(25-26)15-6-3-8-17(12-15)28-2)22(27)24-14-16-7-4-10-23-21(16)20-9-5-11-29-20/h3-13H,14H2,1-2H3,(H,24,27). The highest BCUT2D eigenvalue weighted by molar-refractivity contribution is 5.93. The first-order valence-electron chi connectivity index (χ1n) is 9.10. The third kappa shape index (κ3) is 3.89. The zero-order valence-corrected chi connectivity index (χ0v) is 16.1. The van der Waals surface area contributed by atoms with Crippen LogP contribution in [0.1, 0.15) is 16.1 Å². The van der Waals surface area contributed by atoms with E-state index in [9.17, 15) is 4.79 Å². The smallest absolute Gasteiger partial charge is 0.269 e. The molecule has 146 valence electrons. The number of rotatable bonds is 6. The van der Waals surface area contributed by atoms with Crippen LogP contribution >= 0.6 is 0 Å². The second-order valence-corrected chi connectivity index (χ2v) is 6.44. The zero-order valence-electron chi connectivity index (χ0n) is 16.1. The average molecular weight is 388 g/mol. The van der Waals surface area contributed by atoms with Crippen molar-refractivity contribution in [2.45, 2.75) is 6.54 Å². The lowest BCUT2D eigenvalue weighted by Crippen LogP contribution is -2.25. The summed E-state index contributed by atoms with van der Waals surface area (Å²) in [7, 11) is 3.36. The van der Waals surface area contributed by atoms with Gasteiger partial charge in [-0.15, -0.1) is 0 Å². The predicted molar refractivity (Wildman–Crippen MR) is 108 cm³/mol. The van der Waals surface area contributed by atoms with Crippen molar-refractivity contribution in [3.63, 3.8) is 0 Å². The van der Waals surface area contributed by atoms with Gasteiger partial charge in [0.25, 0.3) is 5.91 Å². The second kappa shape index (κ2) is 8.02. The molecule has 4 aromatic rings. The number of benzene rings is 1. The molecule has 0 atom stereocenters. The van der Waals surface area contributed by atoms with Crippen molar-refractivity contribution in [1.29, 1.82) is 0 Å². The molecule has 29 heavy (non-hydrogen) atoms. The van der Waals surface area contributed by atoms with Gasteiger partial charge < -0.3 is 14.5 Å². The van der Waals surface area contributed by atoms with Gasteiger partial charge in [-0.1, -0.05) is 18.2 Å². The fraction of sp³-hybridized carbons (Fsp3) is 0.136. The molecule has 1 N–H and O–H groups in total. The topological polar surface area (TPSA) is 82.2 Å². The number of pyridine rings is 1. The Bertz CT molecular complexity index is 1130. The molecule has 0 bridgehead atoms. The lowest BCUT2D eigenvalue weighted by molar-refractivity contribution is 0.0941. The molecule has 0 unspecified atom stereocenters. The molecule has 0 aliphatic rings. The van der Waals surface area contributed by atoms with Crippen LogP contribution in [-0.4, -0.2) is 27.8 Å². The van der Waals surface area contributed by atoms with Crippen LogP contribution in [0.3, 0.4) is 0 Å². The molecule has 0 spiro atoms. The van der Waals surface area contributed by atoms with Crippen molar-refractivity contribution in [3.05, 3.63) is 78.3 Å². The van der Waals surface area contributed by atoms with Gasteiger partial charge in [-0.25, -0.2) is 0 Å². The van der Waals surface area contributed by atoms with Crippen LogP contribution in [0, 0.1) is 0 Å². The Morgan fingerprint density at radius 2 is 2.07 bits per heavy atom. The van der Waals surface area contributed by atoms with E-state index in [1.165, 1.54) is 0 Å². The fourth-order valence-electron chi connectivity index (χ4n) is 3.09. The lowest BCUT2D eigenvalue weighted by atomic mass is 10.1. The number of ether oxygens (including phenoxy) is 1. The van der Waals surface area contributed by atoms with Crippen molar-refractivity contribution in [2.24, 2.45) is 7.05 Å². The first-order chi connectivity index (χ1) is 14.2. The first kappa shape index (κ1) is 18.5. The third-order valence-corrected chi connectivity index (χ3v) is 4.56. The van der Waals surface area contributed by atoms with E-state index >= 15 is 0 Å². The molecule has 0 fully saturated rings. The number of aryl methyl sites for hydroxylation is 1. The van der Waals surface area contributed by atoms with Crippen LogP contribution in [0.5, 0.6) is 5.75 Å². The summed E-state index contributed by atoms with van der Waals surface area (Å²) < 4.78 is 12.3. The van der Waals surface area contributed by atoms with Crippen LogP contribution < -0.4 is 10.1 Å². The summed E-state index contributed by atoms with van der Waals surface area (Å²) in [5.74, 6) is 1.18. The molecule has 0 aliphatic heterocycles. The molecule has 3 heterocycles. The van der Waals surface area contributed by atoms with Gasteiger partial charge in [0.05, 0.1) is 19.1 Å². The number of methoxy groups -OCH3 is 1. The van der Waals surface area contributed by atoms with E-state index in [0.717, 1.165) is 16.9 Å². The van der Waals surface area contributed by atoms with Crippen LogP contribution in [0.25, 0.3) is 22.7 Å². The number of aromatic nitrogens is 3. The molecule has 1 aromatic carbocycles. The van der Waals surface area contributed by atoms with Crippen LogP contribution in [0.4, 0.5) is 0 Å². The Labute approximate surface area is 168 Å². The molecule has 0 saturated heterocycles. The summed E-state index contributed by atoms with van der Waals surface area (Å²) in [5, 5.41) is 7.40. The number of hydrogen-bond donors (Lipinski definition) is 1. The predicted octanol–water partition coefficient (Wildman–Crippen LogP) is 3.68. The molecule has 7 heteroatoms. The van der Waals surface area contributed by atoms with E-state index in [-0.39, 0.29) is 5.91 Å². The van der Waals surface area contributed by atoms with Crippen molar-refractivity contribution in [2.75, 3.05) is 7.11 Å². The molecule has 0 radical (unpaired) electrons. The zero-order chi connectivity index (χ0) is 20.2. The van der Waals surface area contributed by atoms with Crippen LogP contribution in [-0.2, 0) is 13.6 Å². The number of hydrogen-bond acceptors (Lipinski definition) is 5. The highest BCUT2D eigenvalue weighted by atomic mass is 16.5. The monoisotopic (exact) mass is 388 g/mol. The molecule has 0 saturated carbocycles. The normalized spacial score (nSPS) is 10.7. The lowest BCUT2D eigenvalue weighted by Gasteiger charge is -2.08. The van der Waals surface area contributed by atoms with Gasteiger partial charge in [0, 0.05) is 30.9 Å². The molecule has 3 aromatic heterocycles. The second-order valence-electron chi connectivity index (χ2n) is 6.44. The minimum atomic E-state index is -0.219. The minimum absolute atomic E-state index is 0.219. The van der Waals surface area contributed by atoms with Crippen molar-refractivity contribution < 1.29 is 13.9 Å². The molecule has 7 nitrogen and oxygen atoms in total. The quantitative estimate of drug-likeness (QED) is 0.545. The van der Waals surface area contributed by atoms with Gasteiger partial charge in [-0.3, -0.25) is 14.5 Å². The molecule has 4 rings (SSSR count). The van der Waals surface area contributed by atoms with E-state index in [4.69, 9.17) is 9.15 Å². The number of furan rings is 1. The fourth-order valence-corrected chi connectivity index (χ4v) is 3.09. The highest BCUT2D eigenvalue weighted by Gasteiger charge is 2.16. The van der Waals surface area contributed by atoms with Gasteiger partial charge in [0.1, 0.15) is 17.1 Å². The summed E-state index contributed by atoms with van der Waals surface area (Å²) in [5.41, 5.74) is 3.62.